The van der Waals surface area contributed by atoms with Gasteiger partial charge in [0.2, 0.25) is 0 Å². The molecule has 0 aromatic heterocycles. The maximum atomic E-state index is 13.6. The fourth-order valence-corrected chi connectivity index (χ4v) is 5.58. The van der Waals surface area contributed by atoms with Crippen molar-refractivity contribution in [2.75, 3.05) is 10.8 Å². The first-order valence-electron chi connectivity index (χ1n) is 11.5. The molecule has 3 aromatic carbocycles. The Balaban J connectivity index is 1.63. The van der Waals surface area contributed by atoms with Crippen molar-refractivity contribution in [2.45, 2.75) is 44.2 Å². The minimum Gasteiger partial charge on any atom is -0.476 e. The number of anilines is 1. The lowest BCUT2D eigenvalue weighted by molar-refractivity contribution is -0.128. The molecule has 6 nitrogen and oxygen atoms in total. The van der Waals surface area contributed by atoms with Crippen LogP contribution in [0.5, 0.6) is 5.75 Å². The Morgan fingerprint density at radius 2 is 1.65 bits per heavy atom. The number of para-hydroxylation sites is 2. The van der Waals surface area contributed by atoms with E-state index in [0.29, 0.717) is 17.4 Å². The Hall–Kier alpha value is -3.32. The topological polar surface area (TPSA) is 75.7 Å². The molecule has 0 radical (unpaired) electrons. The summed E-state index contributed by atoms with van der Waals surface area (Å²) >= 11 is 0. The first kappa shape index (κ1) is 23.8. The van der Waals surface area contributed by atoms with E-state index in [2.05, 4.69) is 19.2 Å². The standard InChI is InChI=1S/C27H30N2O4S/c1-19(2)17-23(21-9-5-4-6-10-21)28-27(30)26-18-29(24-11-7-8-12-25(24)33-26)34(31,32)22-15-13-20(3)14-16-22/h4-16,19,23,26H,17-18H2,1-3H3,(H,28,30)/t23-,26-/m0/s1. The van der Waals surface area contributed by atoms with Gasteiger partial charge in [-0.3, -0.25) is 9.10 Å². The average molecular weight is 479 g/mol. The molecule has 1 N–H and O–H groups in total. The van der Waals surface area contributed by atoms with Crippen LogP contribution in [0.2, 0.25) is 0 Å². The second-order valence-electron chi connectivity index (χ2n) is 9.02. The number of fused-ring (bicyclic) bond motifs is 1. The quantitative estimate of drug-likeness (QED) is 0.526. The fraction of sp³-hybridized carbons (Fsp3) is 0.296. The Bertz CT molecular complexity index is 1240. The van der Waals surface area contributed by atoms with Gasteiger partial charge < -0.3 is 10.1 Å². The molecule has 0 bridgehead atoms. The zero-order valence-corrected chi connectivity index (χ0v) is 20.5. The number of hydrogen-bond donors (Lipinski definition) is 1. The molecule has 2 atom stereocenters. The summed E-state index contributed by atoms with van der Waals surface area (Å²) in [5.74, 6) is 0.384. The predicted octanol–water partition coefficient (Wildman–Crippen LogP) is 4.85. The molecule has 1 aliphatic heterocycles. The van der Waals surface area contributed by atoms with Gasteiger partial charge in [-0.15, -0.1) is 0 Å². The summed E-state index contributed by atoms with van der Waals surface area (Å²) in [6, 6.07) is 23.2. The average Bonchev–Trinajstić information content (AvgIpc) is 2.83. The summed E-state index contributed by atoms with van der Waals surface area (Å²) in [6.07, 6.45) is -0.224. The minimum atomic E-state index is -3.88. The molecule has 0 unspecified atom stereocenters. The van der Waals surface area contributed by atoms with Crippen LogP contribution in [0.1, 0.15) is 37.4 Å². The lowest BCUT2D eigenvalue weighted by Crippen LogP contribution is -2.51. The molecule has 3 aromatic rings. The molecule has 0 saturated heterocycles. The summed E-state index contributed by atoms with van der Waals surface area (Å²) in [5.41, 5.74) is 2.40. The molecule has 0 fully saturated rings. The number of carbonyl (C=O) groups is 1. The largest absolute Gasteiger partial charge is 0.476 e. The molecule has 0 saturated carbocycles. The van der Waals surface area contributed by atoms with Gasteiger partial charge in [0.1, 0.15) is 5.75 Å². The van der Waals surface area contributed by atoms with Gasteiger partial charge in [0.05, 0.1) is 23.2 Å². The maximum absolute atomic E-state index is 13.6. The molecule has 34 heavy (non-hydrogen) atoms. The third-order valence-electron chi connectivity index (χ3n) is 5.86. The van der Waals surface area contributed by atoms with E-state index in [-0.39, 0.29) is 23.4 Å². The van der Waals surface area contributed by atoms with Crippen LogP contribution in [0.4, 0.5) is 5.69 Å². The van der Waals surface area contributed by atoms with Gasteiger partial charge in [-0.2, -0.15) is 0 Å². The van der Waals surface area contributed by atoms with Gasteiger partial charge in [-0.05, 0) is 49.1 Å². The van der Waals surface area contributed by atoms with E-state index in [1.54, 1.807) is 48.5 Å². The molecule has 0 aliphatic carbocycles. The molecule has 0 spiro atoms. The zero-order valence-electron chi connectivity index (χ0n) is 19.6. The van der Waals surface area contributed by atoms with Gasteiger partial charge in [-0.25, -0.2) is 8.42 Å². The fourth-order valence-electron chi connectivity index (χ4n) is 4.10. The van der Waals surface area contributed by atoms with Crippen LogP contribution in [-0.4, -0.2) is 27.0 Å². The molecule has 1 aliphatic rings. The molecule has 1 amide bonds. The molecule has 178 valence electrons. The van der Waals surface area contributed by atoms with Crippen LogP contribution in [0.15, 0.2) is 83.8 Å². The van der Waals surface area contributed by atoms with Crippen LogP contribution in [0.25, 0.3) is 0 Å². The van der Waals surface area contributed by atoms with Gasteiger partial charge in [0.25, 0.3) is 15.9 Å². The normalized spacial score (nSPS) is 16.5. The number of nitrogens with one attached hydrogen (secondary N) is 1. The summed E-state index contributed by atoms with van der Waals surface area (Å²) < 4.78 is 34.4. The van der Waals surface area contributed by atoms with E-state index >= 15 is 0 Å². The van der Waals surface area contributed by atoms with Crippen LogP contribution >= 0.6 is 0 Å². The number of hydrogen-bond acceptors (Lipinski definition) is 4. The van der Waals surface area contributed by atoms with Crippen LogP contribution < -0.4 is 14.4 Å². The highest BCUT2D eigenvalue weighted by Gasteiger charge is 2.38. The first-order valence-corrected chi connectivity index (χ1v) is 12.9. The van der Waals surface area contributed by atoms with Crippen molar-refractivity contribution in [3.8, 4) is 5.75 Å². The highest BCUT2D eigenvalue weighted by Crippen LogP contribution is 2.37. The van der Waals surface area contributed by atoms with E-state index in [9.17, 15) is 13.2 Å². The van der Waals surface area contributed by atoms with Crippen molar-refractivity contribution in [1.29, 1.82) is 0 Å². The number of sulfonamides is 1. The summed E-state index contributed by atoms with van der Waals surface area (Å²) in [7, 11) is -3.88. The van der Waals surface area contributed by atoms with E-state index in [0.717, 1.165) is 17.5 Å². The van der Waals surface area contributed by atoms with E-state index in [1.807, 2.05) is 37.3 Å². The van der Waals surface area contributed by atoms with E-state index in [4.69, 9.17) is 4.74 Å². The molecular weight excluding hydrogens is 448 g/mol. The van der Waals surface area contributed by atoms with E-state index in [1.165, 1.54) is 4.31 Å². The first-order chi connectivity index (χ1) is 16.3. The van der Waals surface area contributed by atoms with Crippen molar-refractivity contribution < 1.29 is 17.9 Å². The van der Waals surface area contributed by atoms with E-state index < -0.39 is 16.1 Å². The summed E-state index contributed by atoms with van der Waals surface area (Å²) in [6.45, 7) is 6.00. The molecule has 1 heterocycles. The summed E-state index contributed by atoms with van der Waals surface area (Å²) in [5, 5.41) is 3.10. The number of nitrogens with zero attached hydrogens (tertiary/aromatic N) is 1. The maximum Gasteiger partial charge on any atom is 0.264 e. The second kappa shape index (κ2) is 9.89. The van der Waals surface area contributed by atoms with Crippen molar-refractivity contribution in [1.82, 2.24) is 5.32 Å². The smallest absolute Gasteiger partial charge is 0.264 e. The van der Waals surface area contributed by atoms with Crippen molar-refractivity contribution >= 4 is 21.6 Å². The minimum absolute atomic E-state index is 0.109. The van der Waals surface area contributed by atoms with Crippen LogP contribution in [0.3, 0.4) is 0 Å². The predicted molar refractivity (Wildman–Crippen MR) is 133 cm³/mol. The third-order valence-corrected chi connectivity index (χ3v) is 7.66. The van der Waals surface area contributed by atoms with Crippen molar-refractivity contribution in [3.05, 3.63) is 90.0 Å². The lowest BCUT2D eigenvalue weighted by Gasteiger charge is -2.35. The SMILES string of the molecule is Cc1ccc(S(=O)(=O)N2C[C@@H](C(=O)N[C@@H](CC(C)C)c3ccccc3)Oc3ccccc32)cc1. The van der Waals surface area contributed by atoms with Gasteiger partial charge in [-0.1, -0.05) is 74.0 Å². The van der Waals surface area contributed by atoms with Gasteiger partial charge in [0, 0.05) is 0 Å². The molecule has 7 heteroatoms. The third kappa shape index (κ3) is 5.09. The molecule has 4 rings (SSSR count). The Labute approximate surface area is 201 Å². The van der Waals surface area contributed by atoms with Crippen molar-refractivity contribution in [2.24, 2.45) is 5.92 Å². The number of ether oxygens (including phenoxy) is 1. The Morgan fingerprint density at radius 3 is 2.32 bits per heavy atom. The van der Waals surface area contributed by atoms with Crippen molar-refractivity contribution in [3.63, 3.8) is 0 Å². The summed E-state index contributed by atoms with van der Waals surface area (Å²) in [4.78, 5) is 13.5. The highest BCUT2D eigenvalue weighted by molar-refractivity contribution is 7.92. The van der Waals surface area contributed by atoms with Gasteiger partial charge in [0.15, 0.2) is 6.10 Å². The Kier molecular flexibility index (Phi) is 6.93. The number of aryl methyl sites for hydroxylation is 1. The lowest BCUT2D eigenvalue weighted by atomic mass is 9.96. The van der Waals surface area contributed by atoms with Crippen LogP contribution in [0, 0.1) is 12.8 Å². The number of carbonyl (C=O) groups excluding carboxylic acids is 1. The number of rotatable bonds is 7. The number of benzene rings is 3. The highest BCUT2D eigenvalue weighted by atomic mass is 32.2. The zero-order chi connectivity index (χ0) is 24.3. The number of amides is 1. The Morgan fingerprint density at radius 1 is 1.00 bits per heavy atom. The monoisotopic (exact) mass is 478 g/mol. The van der Waals surface area contributed by atoms with Gasteiger partial charge >= 0.3 is 0 Å². The van der Waals surface area contributed by atoms with Crippen LogP contribution in [-0.2, 0) is 14.8 Å². The second-order valence-corrected chi connectivity index (χ2v) is 10.9. The molecular formula is C27H30N2O4S.